The first-order valence-corrected chi connectivity index (χ1v) is 9.68. The molecular formula is C22H23N2O7-. The number of furan rings is 1. The number of hydrogen-bond donors (Lipinski definition) is 2. The van der Waals surface area contributed by atoms with E-state index in [-0.39, 0.29) is 17.4 Å². The summed E-state index contributed by atoms with van der Waals surface area (Å²) in [7, 11) is 0. The summed E-state index contributed by atoms with van der Waals surface area (Å²) in [5.41, 5.74) is 1.96. The molecule has 1 aromatic carbocycles. The number of amides is 2. The van der Waals surface area contributed by atoms with Gasteiger partial charge in [-0.1, -0.05) is 20.8 Å². The Morgan fingerprint density at radius 2 is 1.68 bits per heavy atom. The van der Waals surface area contributed by atoms with E-state index in [4.69, 9.17) is 8.83 Å². The number of benzene rings is 1. The molecule has 0 aliphatic rings. The molecule has 0 radical (unpaired) electrons. The summed E-state index contributed by atoms with van der Waals surface area (Å²) in [6.45, 7) is 6.86. The first-order valence-electron chi connectivity index (χ1n) is 9.68. The molecule has 0 saturated carbocycles. The number of rotatable bonds is 6. The minimum atomic E-state index is -1.44. The number of aryl methyl sites for hydroxylation is 1. The van der Waals surface area contributed by atoms with Crippen LogP contribution in [0.2, 0.25) is 0 Å². The summed E-state index contributed by atoms with van der Waals surface area (Å²) in [6, 6.07) is 3.56. The topological polar surface area (TPSA) is 142 Å². The average Bonchev–Trinajstić information content (AvgIpc) is 3.10. The van der Waals surface area contributed by atoms with Crippen molar-refractivity contribution in [2.75, 3.05) is 13.1 Å². The summed E-state index contributed by atoms with van der Waals surface area (Å²) in [4.78, 5) is 46.6. The number of carbonyl (C=O) groups excluding carboxylic acids is 3. The van der Waals surface area contributed by atoms with Crippen LogP contribution in [0.5, 0.6) is 0 Å². The lowest BCUT2D eigenvalue weighted by Crippen LogP contribution is -2.43. The van der Waals surface area contributed by atoms with E-state index in [1.165, 1.54) is 0 Å². The molecule has 3 aromatic rings. The molecule has 164 valence electrons. The second-order valence-electron chi connectivity index (χ2n) is 8.34. The van der Waals surface area contributed by atoms with Crippen molar-refractivity contribution >= 4 is 39.7 Å². The van der Waals surface area contributed by atoms with Gasteiger partial charge in [0.05, 0.1) is 37.3 Å². The van der Waals surface area contributed by atoms with Gasteiger partial charge in [-0.05, 0) is 24.0 Å². The van der Waals surface area contributed by atoms with Crippen LogP contribution in [0, 0.1) is 6.92 Å². The van der Waals surface area contributed by atoms with E-state index in [0.29, 0.717) is 22.1 Å². The Kier molecular flexibility index (Phi) is 5.88. The number of carboxylic acids is 1. The third kappa shape index (κ3) is 4.76. The monoisotopic (exact) mass is 427 g/mol. The quantitative estimate of drug-likeness (QED) is 0.551. The van der Waals surface area contributed by atoms with E-state index in [1.807, 2.05) is 6.07 Å². The van der Waals surface area contributed by atoms with Crippen molar-refractivity contribution in [2.45, 2.75) is 39.5 Å². The highest BCUT2D eigenvalue weighted by atomic mass is 16.4. The molecule has 2 amide bonds. The van der Waals surface area contributed by atoms with Crippen LogP contribution >= 0.6 is 0 Å². The number of nitrogens with one attached hydrogen (secondary N) is 2. The van der Waals surface area contributed by atoms with Crippen molar-refractivity contribution in [3.63, 3.8) is 0 Å². The number of fused-ring (bicyclic) bond motifs is 2. The van der Waals surface area contributed by atoms with Crippen LogP contribution in [0.3, 0.4) is 0 Å². The largest absolute Gasteiger partial charge is 0.548 e. The Labute approximate surface area is 177 Å². The lowest BCUT2D eigenvalue weighted by molar-refractivity contribution is -0.304. The Morgan fingerprint density at radius 3 is 2.32 bits per heavy atom. The molecular weight excluding hydrogens is 404 g/mol. The van der Waals surface area contributed by atoms with Gasteiger partial charge in [0.2, 0.25) is 11.8 Å². The Balaban J connectivity index is 1.88. The zero-order valence-corrected chi connectivity index (χ0v) is 17.7. The number of aliphatic carboxylic acids is 1. The minimum Gasteiger partial charge on any atom is -0.548 e. The van der Waals surface area contributed by atoms with Crippen LogP contribution in [-0.4, -0.2) is 30.9 Å². The van der Waals surface area contributed by atoms with Crippen molar-refractivity contribution in [3.8, 4) is 0 Å². The van der Waals surface area contributed by atoms with E-state index in [0.717, 1.165) is 10.9 Å². The van der Waals surface area contributed by atoms with Gasteiger partial charge >= 0.3 is 5.63 Å². The van der Waals surface area contributed by atoms with Crippen LogP contribution in [0.4, 0.5) is 0 Å². The minimum absolute atomic E-state index is 0.150. The van der Waals surface area contributed by atoms with Gasteiger partial charge in [-0.2, -0.15) is 0 Å². The van der Waals surface area contributed by atoms with Crippen molar-refractivity contribution in [1.82, 2.24) is 10.6 Å². The molecule has 0 unspecified atom stereocenters. The second kappa shape index (κ2) is 8.25. The van der Waals surface area contributed by atoms with Crippen LogP contribution in [-0.2, 0) is 26.2 Å². The van der Waals surface area contributed by atoms with Crippen molar-refractivity contribution in [2.24, 2.45) is 0 Å². The molecule has 2 aromatic heterocycles. The molecule has 0 spiro atoms. The maximum absolute atomic E-state index is 12.5. The Hall–Kier alpha value is -3.62. The van der Waals surface area contributed by atoms with Gasteiger partial charge in [-0.25, -0.2) is 4.79 Å². The molecule has 31 heavy (non-hydrogen) atoms. The average molecular weight is 427 g/mol. The van der Waals surface area contributed by atoms with Gasteiger partial charge in [0.1, 0.15) is 11.2 Å². The molecule has 0 saturated heterocycles. The molecule has 0 aliphatic heterocycles. The zero-order valence-electron chi connectivity index (χ0n) is 17.7. The number of carbonyl (C=O) groups is 3. The summed E-state index contributed by atoms with van der Waals surface area (Å²) in [5.74, 6) is -2.69. The SMILES string of the molecule is Cc1c(CC(=O)NCC(=O)NCC(=O)[O-])c(=O)oc2cc3occ(C(C)(C)C)c3cc12. The third-order valence-corrected chi connectivity index (χ3v) is 5.00. The molecule has 2 N–H and O–H groups in total. The Morgan fingerprint density at radius 1 is 1.00 bits per heavy atom. The van der Waals surface area contributed by atoms with E-state index in [2.05, 4.69) is 31.4 Å². The van der Waals surface area contributed by atoms with E-state index < -0.39 is 36.5 Å². The van der Waals surface area contributed by atoms with Crippen LogP contribution in [0.1, 0.15) is 37.5 Å². The number of hydrogen-bond acceptors (Lipinski definition) is 7. The predicted molar refractivity (Wildman–Crippen MR) is 110 cm³/mol. The molecule has 0 fully saturated rings. The highest BCUT2D eigenvalue weighted by molar-refractivity contribution is 5.97. The third-order valence-electron chi connectivity index (χ3n) is 5.00. The molecule has 3 rings (SSSR count). The lowest BCUT2D eigenvalue weighted by atomic mass is 9.86. The van der Waals surface area contributed by atoms with E-state index >= 15 is 0 Å². The molecule has 0 aliphatic carbocycles. The predicted octanol–water partition coefficient (Wildman–Crippen LogP) is 0.670. The Bertz CT molecular complexity index is 1240. The van der Waals surface area contributed by atoms with Crippen LogP contribution in [0.25, 0.3) is 21.9 Å². The normalized spacial score (nSPS) is 11.6. The fraction of sp³-hybridized carbons (Fsp3) is 0.364. The zero-order chi connectivity index (χ0) is 22.9. The number of carboxylic acid groups (broad SMARTS) is 1. The van der Waals surface area contributed by atoms with Gasteiger partial charge in [0, 0.05) is 22.4 Å². The van der Waals surface area contributed by atoms with Crippen molar-refractivity contribution in [1.29, 1.82) is 0 Å². The molecule has 2 heterocycles. The first-order chi connectivity index (χ1) is 14.5. The van der Waals surface area contributed by atoms with Gasteiger partial charge in [0.15, 0.2) is 0 Å². The molecule has 0 bridgehead atoms. The molecule has 9 heteroatoms. The first kappa shape index (κ1) is 22.1. The smallest absolute Gasteiger partial charge is 0.340 e. The van der Waals surface area contributed by atoms with Gasteiger partial charge in [-0.3, -0.25) is 9.59 Å². The summed E-state index contributed by atoms with van der Waals surface area (Å²) in [5, 5.41) is 16.4. The van der Waals surface area contributed by atoms with Gasteiger partial charge < -0.3 is 29.4 Å². The van der Waals surface area contributed by atoms with Crippen LogP contribution in [0.15, 0.2) is 32.0 Å². The maximum atomic E-state index is 12.5. The second-order valence-corrected chi connectivity index (χ2v) is 8.34. The van der Waals surface area contributed by atoms with Gasteiger partial charge in [0.25, 0.3) is 0 Å². The maximum Gasteiger partial charge on any atom is 0.340 e. The molecule has 0 atom stereocenters. The molecule has 9 nitrogen and oxygen atoms in total. The van der Waals surface area contributed by atoms with E-state index in [1.54, 1.807) is 19.3 Å². The lowest BCUT2D eigenvalue weighted by Gasteiger charge is -2.16. The highest BCUT2D eigenvalue weighted by Gasteiger charge is 2.22. The highest BCUT2D eigenvalue weighted by Crippen LogP contribution is 2.35. The van der Waals surface area contributed by atoms with E-state index in [9.17, 15) is 24.3 Å². The fourth-order valence-corrected chi connectivity index (χ4v) is 3.33. The summed E-state index contributed by atoms with van der Waals surface area (Å²) >= 11 is 0. The van der Waals surface area contributed by atoms with Crippen molar-refractivity contribution < 1.29 is 28.3 Å². The van der Waals surface area contributed by atoms with Crippen LogP contribution < -0.4 is 21.4 Å². The summed E-state index contributed by atoms with van der Waals surface area (Å²) in [6.07, 6.45) is 1.41. The van der Waals surface area contributed by atoms with Crippen molar-refractivity contribution in [3.05, 3.63) is 45.5 Å². The standard InChI is InChI=1S/C22H24N2O7/c1-11-12-5-14-15(22(2,3)4)10-30-16(14)7-17(12)31-21(29)13(11)6-18(25)23-8-19(26)24-9-20(27)28/h5,7,10H,6,8-9H2,1-4H3,(H,23,25)(H,24,26)(H,27,28)/p-1. The fourth-order valence-electron chi connectivity index (χ4n) is 3.33. The summed E-state index contributed by atoms with van der Waals surface area (Å²) < 4.78 is 11.1. The van der Waals surface area contributed by atoms with Gasteiger partial charge in [-0.15, -0.1) is 0 Å².